The molecule has 1 aliphatic carbocycles. The third-order valence-corrected chi connectivity index (χ3v) is 7.42. The van der Waals surface area contributed by atoms with Crippen molar-refractivity contribution in [3.63, 3.8) is 0 Å². The molecule has 2 aromatic carbocycles. The lowest BCUT2D eigenvalue weighted by atomic mass is 9.74. The SMILES string of the molecule is O=C(O)/C=C/c1ccc(/C(=C(\c2ncc(OC(F)(F)F)cc2Cl)C2CCC2)c2ccc3scnc3c2)cc1. The smallest absolute Gasteiger partial charge is 0.478 e. The van der Waals surface area contributed by atoms with Crippen LogP contribution in [-0.4, -0.2) is 27.4 Å². The Balaban J connectivity index is 1.71. The summed E-state index contributed by atoms with van der Waals surface area (Å²) in [5, 5.41) is 9.00. The van der Waals surface area contributed by atoms with Crippen LogP contribution in [0.5, 0.6) is 5.75 Å². The highest BCUT2D eigenvalue weighted by atomic mass is 35.5. The average Bonchev–Trinajstić information content (AvgIpc) is 3.29. The number of hydrogen-bond acceptors (Lipinski definition) is 5. The maximum absolute atomic E-state index is 12.8. The number of fused-ring (bicyclic) bond motifs is 1. The highest BCUT2D eigenvalue weighted by molar-refractivity contribution is 7.16. The van der Waals surface area contributed by atoms with Crippen LogP contribution in [0.4, 0.5) is 13.2 Å². The van der Waals surface area contributed by atoms with E-state index in [1.54, 1.807) is 5.51 Å². The highest BCUT2D eigenvalue weighted by Gasteiger charge is 2.33. The zero-order chi connectivity index (χ0) is 26.9. The van der Waals surface area contributed by atoms with Gasteiger partial charge in [-0.1, -0.05) is 48.4 Å². The number of halogens is 4. The van der Waals surface area contributed by atoms with Crippen molar-refractivity contribution in [2.24, 2.45) is 5.92 Å². The van der Waals surface area contributed by atoms with Crippen molar-refractivity contribution >= 4 is 56.3 Å². The molecule has 10 heteroatoms. The van der Waals surface area contributed by atoms with E-state index in [4.69, 9.17) is 16.7 Å². The quantitative estimate of drug-likeness (QED) is 0.233. The number of carboxylic acids is 1. The minimum atomic E-state index is -4.86. The van der Waals surface area contributed by atoms with E-state index in [2.05, 4.69) is 14.7 Å². The van der Waals surface area contributed by atoms with Gasteiger partial charge in [0, 0.05) is 12.1 Å². The molecule has 0 spiro atoms. The number of carboxylic acid groups (broad SMARTS) is 1. The van der Waals surface area contributed by atoms with E-state index in [-0.39, 0.29) is 10.9 Å². The van der Waals surface area contributed by atoms with E-state index in [9.17, 15) is 18.0 Å². The number of hydrogen-bond donors (Lipinski definition) is 1. The zero-order valence-electron chi connectivity index (χ0n) is 19.7. The number of benzene rings is 2. The second-order valence-electron chi connectivity index (χ2n) is 8.79. The number of aliphatic carboxylic acids is 1. The first-order chi connectivity index (χ1) is 18.2. The second kappa shape index (κ2) is 10.6. The molecule has 0 radical (unpaired) electrons. The van der Waals surface area contributed by atoms with Gasteiger partial charge in [-0.05, 0) is 64.8 Å². The molecule has 2 heterocycles. The van der Waals surface area contributed by atoms with Crippen LogP contribution in [0.15, 0.2) is 66.3 Å². The summed E-state index contributed by atoms with van der Waals surface area (Å²) in [5.41, 5.74) is 7.09. The van der Waals surface area contributed by atoms with Gasteiger partial charge in [-0.2, -0.15) is 0 Å². The maximum atomic E-state index is 12.8. The van der Waals surface area contributed by atoms with Crippen molar-refractivity contribution in [3.8, 4) is 5.75 Å². The predicted octanol–water partition coefficient (Wildman–Crippen LogP) is 8.10. The Kier molecular flexibility index (Phi) is 7.23. The molecular weight excluding hydrogens is 537 g/mol. The van der Waals surface area contributed by atoms with Crippen LogP contribution in [0.25, 0.3) is 27.4 Å². The molecule has 38 heavy (non-hydrogen) atoms. The van der Waals surface area contributed by atoms with E-state index in [1.165, 1.54) is 17.4 Å². The van der Waals surface area contributed by atoms with Crippen LogP contribution >= 0.6 is 22.9 Å². The first-order valence-corrected chi connectivity index (χ1v) is 12.9. The summed E-state index contributed by atoms with van der Waals surface area (Å²) in [6, 6.07) is 14.5. The summed E-state index contributed by atoms with van der Waals surface area (Å²) in [6.45, 7) is 0. The summed E-state index contributed by atoms with van der Waals surface area (Å²) >= 11 is 8.08. The number of rotatable bonds is 7. The van der Waals surface area contributed by atoms with Crippen molar-refractivity contribution < 1.29 is 27.8 Å². The Morgan fingerprint density at radius 1 is 1.08 bits per heavy atom. The Labute approximate surface area is 224 Å². The summed E-state index contributed by atoms with van der Waals surface area (Å²) in [6.07, 6.45) is 1.53. The average molecular weight is 557 g/mol. The fraction of sp³-hybridized carbons (Fsp3) is 0.179. The van der Waals surface area contributed by atoms with E-state index >= 15 is 0 Å². The molecular formula is C28H20ClF3N2O3S. The number of allylic oxidation sites excluding steroid dienone is 1. The standard InChI is InChI=1S/C28H20ClF3N2O3S/c29-21-13-20(37-28(30,31)32)14-33-27(21)26(17-2-1-3-17)25(19-9-10-23-22(12-19)34-15-38-23)18-7-4-16(5-8-18)6-11-24(35)36/h4-15,17H,1-3H2,(H,35,36)/b11-6+,26-25+. The third-order valence-electron chi connectivity index (χ3n) is 6.32. The van der Waals surface area contributed by atoms with E-state index < -0.39 is 18.1 Å². The van der Waals surface area contributed by atoms with Gasteiger partial charge in [-0.25, -0.2) is 9.78 Å². The number of alkyl halides is 3. The Morgan fingerprint density at radius 3 is 2.45 bits per heavy atom. The number of ether oxygens (including phenoxy) is 1. The molecule has 0 bridgehead atoms. The van der Waals surface area contributed by atoms with Gasteiger partial charge in [0.15, 0.2) is 0 Å². The molecule has 0 amide bonds. The van der Waals surface area contributed by atoms with Gasteiger partial charge < -0.3 is 9.84 Å². The molecule has 0 atom stereocenters. The summed E-state index contributed by atoms with van der Waals surface area (Å²) in [5.74, 6) is -1.43. The lowest BCUT2D eigenvalue weighted by molar-refractivity contribution is -0.274. The molecule has 5 nitrogen and oxygen atoms in total. The van der Waals surface area contributed by atoms with Crippen molar-refractivity contribution in [1.82, 2.24) is 9.97 Å². The monoisotopic (exact) mass is 556 g/mol. The minimum absolute atomic E-state index is 0.0573. The summed E-state index contributed by atoms with van der Waals surface area (Å²) < 4.78 is 43.4. The molecule has 0 saturated heterocycles. The topological polar surface area (TPSA) is 72.3 Å². The number of nitrogens with zero attached hydrogens (tertiary/aromatic N) is 2. The van der Waals surface area contributed by atoms with Gasteiger partial charge in [0.1, 0.15) is 5.75 Å². The van der Waals surface area contributed by atoms with Crippen LogP contribution in [0.2, 0.25) is 5.02 Å². The van der Waals surface area contributed by atoms with Gasteiger partial charge in [-0.15, -0.1) is 24.5 Å². The van der Waals surface area contributed by atoms with Gasteiger partial charge in [-0.3, -0.25) is 4.98 Å². The van der Waals surface area contributed by atoms with Crippen LogP contribution in [0, 0.1) is 5.92 Å². The largest absolute Gasteiger partial charge is 0.573 e. The van der Waals surface area contributed by atoms with Gasteiger partial charge >= 0.3 is 12.3 Å². The normalized spacial score (nSPS) is 14.9. The Bertz CT molecular complexity index is 1560. The van der Waals surface area contributed by atoms with Crippen LogP contribution in [-0.2, 0) is 4.79 Å². The van der Waals surface area contributed by atoms with Crippen molar-refractivity contribution in [2.45, 2.75) is 25.6 Å². The first-order valence-electron chi connectivity index (χ1n) is 11.7. The zero-order valence-corrected chi connectivity index (χ0v) is 21.3. The minimum Gasteiger partial charge on any atom is -0.478 e. The third kappa shape index (κ3) is 5.74. The molecule has 0 unspecified atom stereocenters. The molecule has 2 aromatic heterocycles. The van der Waals surface area contributed by atoms with E-state index in [0.717, 1.165) is 70.1 Å². The summed E-state index contributed by atoms with van der Waals surface area (Å²) in [7, 11) is 0. The Hall–Kier alpha value is -3.69. The molecule has 4 aromatic rings. The van der Waals surface area contributed by atoms with Crippen molar-refractivity contribution in [2.75, 3.05) is 0 Å². The molecule has 1 saturated carbocycles. The Morgan fingerprint density at radius 2 is 1.82 bits per heavy atom. The highest BCUT2D eigenvalue weighted by Crippen LogP contribution is 2.47. The number of thiazole rings is 1. The first kappa shape index (κ1) is 25.9. The van der Waals surface area contributed by atoms with Gasteiger partial charge in [0.25, 0.3) is 0 Å². The van der Waals surface area contributed by atoms with Crippen LogP contribution in [0.3, 0.4) is 0 Å². The lowest BCUT2D eigenvalue weighted by Gasteiger charge is -2.31. The molecule has 0 aliphatic heterocycles. The number of aromatic nitrogens is 2. The maximum Gasteiger partial charge on any atom is 0.573 e. The van der Waals surface area contributed by atoms with E-state index in [1.807, 2.05) is 42.5 Å². The fourth-order valence-electron chi connectivity index (χ4n) is 4.44. The van der Waals surface area contributed by atoms with Crippen LogP contribution in [0.1, 0.15) is 41.6 Å². The second-order valence-corrected chi connectivity index (χ2v) is 10.1. The molecule has 194 valence electrons. The van der Waals surface area contributed by atoms with E-state index in [0.29, 0.717) is 11.3 Å². The van der Waals surface area contributed by atoms with Crippen LogP contribution < -0.4 is 4.74 Å². The molecule has 1 fully saturated rings. The number of pyridine rings is 1. The number of carbonyl (C=O) groups is 1. The molecule has 5 rings (SSSR count). The fourth-order valence-corrected chi connectivity index (χ4v) is 5.36. The molecule has 1 aliphatic rings. The predicted molar refractivity (Wildman–Crippen MR) is 142 cm³/mol. The molecule has 1 N–H and O–H groups in total. The van der Waals surface area contributed by atoms with Crippen molar-refractivity contribution in [1.29, 1.82) is 0 Å². The van der Waals surface area contributed by atoms with Gasteiger partial charge in [0.2, 0.25) is 0 Å². The van der Waals surface area contributed by atoms with Gasteiger partial charge in [0.05, 0.1) is 32.6 Å². The van der Waals surface area contributed by atoms with Crippen molar-refractivity contribution in [3.05, 3.63) is 93.7 Å². The lowest BCUT2D eigenvalue weighted by Crippen LogP contribution is -2.18. The summed E-state index contributed by atoms with van der Waals surface area (Å²) in [4.78, 5) is 19.7.